The van der Waals surface area contributed by atoms with Crippen LogP contribution in [0.3, 0.4) is 0 Å². The number of ether oxygens (including phenoxy) is 1. The van der Waals surface area contributed by atoms with E-state index in [2.05, 4.69) is 0 Å². The fraction of sp³-hybridized carbons (Fsp3) is 0.273. The second-order valence-corrected chi connectivity index (χ2v) is 8.18. The third-order valence-corrected chi connectivity index (χ3v) is 5.66. The minimum absolute atomic E-state index is 0.0708. The largest absolute Gasteiger partial charge is 0.489 e. The molecule has 2 amide bonds. The predicted octanol–water partition coefficient (Wildman–Crippen LogP) is 6.06. The summed E-state index contributed by atoms with van der Waals surface area (Å²) < 4.78 is 5.76. The number of nitrogens with zero attached hydrogens (tertiary/aromatic N) is 1. The molecule has 1 aliphatic rings. The highest BCUT2D eigenvalue weighted by Gasteiger charge is 2.35. The van der Waals surface area contributed by atoms with Crippen molar-refractivity contribution in [1.29, 1.82) is 0 Å². The van der Waals surface area contributed by atoms with Gasteiger partial charge in [0.1, 0.15) is 5.75 Å². The van der Waals surface area contributed by atoms with E-state index in [1.807, 2.05) is 51.1 Å². The van der Waals surface area contributed by atoms with E-state index in [1.54, 1.807) is 18.2 Å². The molecule has 0 radical (unpaired) electrons. The molecule has 0 spiro atoms. The second-order valence-electron chi connectivity index (χ2n) is 6.78. The highest BCUT2D eigenvalue weighted by Crippen LogP contribution is 2.35. The number of imide groups is 1. The van der Waals surface area contributed by atoms with Gasteiger partial charge in [-0.1, -0.05) is 54.4 Å². The van der Waals surface area contributed by atoms with Crippen LogP contribution in [0.1, 0.15) is 37.0 Å². The topological polar surface area (TPSA) is 46.6 Å². The number of carbonyl (C=O) groups is 2. The lowest BCUT2D eigenvalue weighted by Crippen LogP contribution is -2.27. The molecule has 0 N–H and O–H groups in total. The lowest BCUT2D eigenvalue weighted by atomic mass is 10.1. The van der Waals surface area contributed by atoms with Gasteiger partial charge in [0, 0.05) is 0 Å². The Labute approximate surface area is 174 Å². The third-order valence-electron chi connectivity index (χ3n) is 4.45. The Hall–Kier alpha value is -2.24. The van der Waals surface area contributed by atoms with E-state index in [4.69, 9.17) is 16.3 Å². The van der Waals surface area contributed by atoms with Gasteiger partial charge in [0.05, 0.1) is 22.6 Å². The van der Waals surface area contributed by atoms with Crippen LogP contribution in [-0.2, 0) is 11.3 Å². The lowest BCUT2D eigenvalue weighted by molar-refractivity contribution is -0.123. The lowest BCUT2D eigenvalue weighted by Gasteiger charge is -2.14. The van der Waals surface area contributed by atoms with Crippen molar-refractivity contribution in [2.45, 2.75) is 39.8 Å². The monoisotopic (exact) mass is 415 g/mol. The molecule has 0 bridgehead atoms. The van der Waals surface area contributed by atoms with Crippen molar-refractivity contribution >= 4 is 40.6 Å². The highest BCUT2D eigenvalue weighted by atomic mass is 35.5. The Morgan fingerprint density at radius 2 is 2.00 bits per heavy atom. The molecule has 1 atom stereocenters. The molecule has 4 nitrogen and oxygen atoms in total. The van der Waals surface area contributed by atoms with Gasteiger partial charge in [-0.15, -0.1) is 0 Å². The van der Waals surface area contributed by atoms with E-state index < -0.39 is 0 Å². The average Bonchev–Trinajstić information content (AvgIpc) is 2.91. The van der Waals surface area contributed by atoms with Crippen LogP contribution >= 0.6 is 23.4 Å². The van der Waals surface area contributed by atoms with Crippen molar-refractivity contribution in [3.05, 3.63) is 69.1 Å². The van der Waals surface area contributed by atoms with Crippen molar-refractivity contribution in [2.24, 2.45) is 0 Å². The molecule has 0 unspecified atom stereocenters. The fourth-order valence-corrected chi connectivity index (χ4v) is 3.86. The normalized spacial score (nSPS) is 16.7. The van der Waals surface area contributed by atoms with Crippen molar-refractivity contribution in [2.75, 3.05) is 0 Å². The quantitative estimate of drug-likeness (QED) is 0.538. The zero-order chi connectivity index (χ0) is 20.3. The molecular weight excluding hydrogens is 394 g/mol. The van der Waals surface area contributed by atoms with Crippen LogP contribution in [0.15, 0.2) is 47.4 Å². The maximum Gasteiger partial charge on any atom is 0.293 e. The van der Waals surface area contributed by atoms with Gasteiger partial charge in [-0.3, -0.25) is 14.5 Å². The van der Waals surface area contributed by atoms with Crippen LogP contribution in [0.25, 0.3) is 6.08 Å². The summed E-state index contributed by atoms with van der Waals surface area (Å²) in [5.41, 5.74) is 2.77. The van der Waals surface area contributed by atoms with Crippen LogP contribution in [0.4, 0.5) is 4.79 Å². The third kappa shape index (κ3) is 4.78. The van der Waals surface area contributed by atoms with Crippen LogP contribution in [0.2, 0.25) is 5.02 Å². The molecule has 3 rings (SSSR count). The van der Waals surface area contributed by atoms with E-state index >= 15 is 0 Å². The second kappa shape index (κ2) is 8.84. The number of rotatable bonds is 6. The minimum Gasteiger partial charge on any atom is -0.489 e. The summed E-state index contributed by atoms with van der Waals surface area (Å²) in [6, 6.07) is 13.2. The molecule has 1 saturated heterocycles. The maximum absolute atomic E-state index is 12.7. The standard InChI is InChI=1S/C22H22ClNO3S/c1-4-15(3)27-19-9-8-16(11-18(19)23)12-20-21(25)24(22(26)28-20)13-17-7-5-6-14(2)10-17/h5-12,15H,4,13H2,1-3H3/b20-12-/t15-/m1/s1. The molecule has 2 aromatic carbocycles. The van der Waals surface area contributed by atoms with Crippen LogP contribution in [0.5, 0.6) is 5.75 Å². The highest BCUT2D eigenvalue weighted by molar-refractivity contribution is 8.18. The van der Waals surface area contributed by atoms with Gasteiger partial charge in [-0.25, -0.2) is 0 Å². The van der Waals surface area contributed by atoms with Crippen molar-refractivity contribution < 1.29 is 14.3 Å². The summed E-state index contributed by atoms with van der Waals surface area (Å²) in [5.74, 6) is 0.327. The van der Waals surface area contributed by atoms with E-state index in [1.165, 1.54) is 4.90 Å². The number of halogens is 1. The van der Waals surface area contributed by atoms with Crippen LogP contribution in [-0.4, -0.2) is 22.2 Å². The number of benzene rings is 2. The number of aryl methyl sites for hydroxylation is 1. The van der Waals surface area contributed by atoms with Crippen molar-refractivity contribution in [1.82, 2.24) is 4.90 Å². The van der Waals surface area contributed by atoms with Gasteiger partial charge in [-0.05, 0) is 61.4 Å². The predicted molar refractivity (Wildman–Crippen MR) is 115 cm³/mol. The Kier molecular flexibility index (Phi) is 6.47. The van der Waals surface area contributed by atoms with E-state index in [0.717, 1.165) is 34.9 Å². The van der Waals surface area contributed by atoms with Crippen molar-refractivity contribution in [3.63, 3.8) is 0 Å². The molecule has 0 aromatic heterocycles. The number of thioether (sulfide) groups is 1. The summed E-state index contributed by atoms with van der Waals surface area (Å²) in [6.07, 6.45) is 2.65. The van der Waals surface area contributed by atoms with Gasteiger partial charge in [-0.2, -0.15) is 0 Å². The van der Waals surface area contributed by atoms with Gasteiger partial charge in [0.2, 0.25) is 0 Å². The minimum atomic E-state index is -0.285. The first kappa shape index (κ1) is 20.5. The number of carbonyl (C=O) groups excluding carboxylic acids is 2. The molecule has 2 aromatic rings. The molecule has 28 heavy (non-hydrogen) atoms. The summed E-state index contributed by atoms with van der Waals surface area (Å²) in [7, 11) is 0. The summed E-state index contributed by atoms with van der Waals surface area (Å²) in [6.45, 7) is 6.27. The summed E-state index contributed by atoms with van der Waals surface area (Å²) in [4.78, 5) is 26.7. The molecular formula is C22H22ClNO3S. The number of hydrogen-bond acceptors (Lipinski definition) is 4. The first-order chi connectivity index (χ1) is 13.4. The van der Waals surface area contributed by atoms with E-state index in [-0.39, 0.29) is 23.8 Å². The van der Waals surface area contributed by atoms with E-state index in [9.17, 15) is 9.59 Å². The molecule has 6 heteroatoms. The Morgan fingerprint density at radius 3 is 2.68 bits per heavy atom. The maximum atomic E-state index is 12.7. The molecule has 1 heterocycles. The zero-order valence-corrected chi connectivity index (χ0v) is 17.6. The molecule has 146 valence electrons. The first-order valence-electron chi connectivity index (χ1n) is 9.14. The number of hydrogen-bond donors (Lipinski definition) is 0. The summed E-state index contributed by atoms with van der Waals surface area (Å²) >= 11 is 7.26. The Morgan fingerprint density at radius 1 is 1.21 bits per heavy atom. The molecule has 1 fully saturated rings. The summed E-state index contributed by atoms with van der Waals surface area (Å²) in [5, 5.41) is 0.216. The Balaban J connectivity index is 1.77. The molecule has 1 aliphatic heterocycles. The average molecular weight is 416 g/mol. The van der Waals surface area contributed by atoms with Crippen LogP contribution < -0.4 is 4.74 Å². The van der Waals surface area contributed by atoms with Gasteiger partial charge >= 0.3 is 0 Å². The fourth-order valence-electron chi connectivity index (χ4n) is 2.78. The zero-order valence-electron chi connectivity index (χ0n) is 16.1. The van der Waals surface area contributed by atoms with Gasteiger partial charge < -0.3 is 4.74 Å². The number of amides is 2. The SMILES string of the molecule is CC[C@@H](C)Oc1ccc(/C=C2\SC(=O)N(Cc3cccc(C)c3)C2=O)cc1Cl. The first-order valence-corrected chi connectivity index (χ1v) is 10.3. The smallest absolute Gasteiger partial charge is 0.293 e. The molecule has 0 aliphatic carbocycles. The van der Waals surface area contributed by atoms with Crippen molar-refractivity contribution in [3.8, 4) is 5.75 Å². The van der Waals surface area contributed by atoms with Gasteiger partial charge in [0.25, 0.3) is 11.1 Å². The molecule has 0 saturated carbocycles. The van der Waals surface area contributed by atoms with Gasteiger partial charge in [0.15, 0.2) is 0 Å². The van der Waals surface area contributed by atoms with E-state index in [0.29, 0.717) is 15.7 Å². The van der Waals surface area contributed by atoms with Crippen LogP contribution in [0, 0.1) is 6.92 Å². The Bertz CT molecular complexity index is 941.